The largest absolute Gasteiger partial charge is 3.00 e. The van der Waals surface area contributed by atoms with Gasteiger partial charge < -0.3 is 17.1 Å². The first-order valence-corrected chi connectivity index (χ1v) is 23.1. The molecule has 67 heavy (non-hydrogen) atoms. The number of aryl methyl sites for hydroxylation is 4. The van der Waals surface area contributed by atoms with Gasteiger partial charge in [-0.2, -0.15) is 19.1 Å². The number of hydrogen-bond acceptors (Lipinski definition) is 2. The molecule has 0 aliphatic rings. The summed E-state index contributed by atoms with van der Waals surface area (Å²) >= 11 is 0. The Bertz CT molecular complexity index is 2970. The van der Waals surface area contributed by atoms with E-state index in [2.05, 4.69) is 208 Å². The van der Waals surface area contributed by atoms with Crippen molar-refractivity contribution in [3.63, 3.8) is 0 Å². The van der Waals surface area contributed by atoms with Gasteiger partial charge in [-0.3, -0.25) is 0 Å². The molecule has 0 saturated carbocycles. The molecule has 0 bridgehead atoms. The van der Waals surface area contributed by atoms with Crippen molar-refractivity contribution in [3.05, 3.63) is 222 Å². The Morgan fingerprint density at radius 2 is 0.687 bits per heavy atom. The van der Waals surface area contributed by atoms with Gasteiger partial charge in [0, 0.05) is 0 Å². The summed E-state index contributed by atoms with van der Waals surface area (Å²) < 4.78 is 0. The van der Waals surface area contributed by atoms with Gasteiger partial charge >= 0.3 is 26.2 Å². The van der Waals surface area contributed by atoms with Crippen LogP contribution in [0.25, 0.3) is 65.3 Å². The van der Waals surface area contributed by atoms with Gasteiger partial charge in [-0.05, 0) is 80.6 Å². The number of fused-ring (bicyclic) bond motifs is 4. The van der Waals surface area contributed by atoms with Gasteiger partial charge in [0.1, 0.15) is 11.5 Å². The molecule has 2 N–H and O–H groups in total. The summed E-state index contributed by atoms with van der Waals surface area (Å²) in [6.45, 7) is 26.0. The predicted molar refractivity (Wildman–Crippen MR) is 289 cm³/mol. The molecule has 0 amide bonds. The normalized spacial score (nSPS) is 11.0. The Morgan fingerprint density at radius 1 is 0.373 bits per heavy atom. The van der Waals surface area contributed by atoms with E-state index in [0.717, 1.165) is 11.1 Å². The first-order valence-electron chi connectivity index (χ1n) is 23.1. The summed E-state index contributed by atoms with van der Waals surface area (Å²) in [5.74, 6) is 0.793. The average Bonchev–Trinajstić information content (AvgIpc) is 3.89. The molecule has 339 valence electrons. The maximum absolute atomic E-state index is 9.57. The van der Waals surface area contributed by atoms with Crippen LogP contribution >= 0.6 is 0 Å². The number of hydrogen-bond donors (Lipinski definition) is 2. The topological polar surface area (TPSA) is 40.5 Å². The second-order valence-electron chi connectivity index (χ2n) is 19.3. The van der Waals surface area contributed by atoms with Crippen molar-refractivity contribution in [3.8, 4) is 33.8 Å². The molecule has 10 aromatic rings. The molecule has 0 fully saturated rings. The second kappa shape index (κ2) is 22.7. The van der Waals surface area contributed by atoms with Gasteiger partial charge in [0.2, 0.25) is 0 Å². The molecular formula is C64H67O2Zr. The third-order valence-corrected chi connectivity index (χ3v) is 11.9. The third-order valence-electron chi connectivity index (χ3n) is 11.9. The molecule has 0 aliphatic heterocycles. The SMILES string of the molecule is Cc1cc2c(-c3cccc4ccccc34)cccc2[cH-]1.Cc1cc2c(-c3cccc4ccccc34)cccc2[cH-]1.Cc1ccc(O)c(C(C)(C)C)c1.Cc1ccc(O)c(C(C)(C)C)c1.[CH2-]C.[Zr+3]. The molecule has 10 aromatic carbocycles. The van der Waals surface area contributed by atoms with Gasteiger partial charge in [-0.15, -0.1) is 69.1 Å². The molecule has 0 heterocycles. The van der Waals surface area contributed by atoms with E-state index in [-0.39, 0.29) is 37.0 Å². The van der Waals surface area contributed by atoms with Gasteiger partial charge in [-0.25, -0.2) is 0 Å². The summed E-state index contributed by atoms with van der Waals surface area (Å²) in [6, 6.07) is 63.9. The number of aromatic hydroxyl groups is 2. The number of benzene rings is 8. The summed E-state index contributed by atoms with van der Waals surface area (Å²) in [7, 11) is 0. The standard InChI is InChI=1S/2C20H15.2C11H16O.C2H5.Zr/c2*1-14-12-16-8-5-11-19(20(16)13-14)18-10-4-7-15-6-2-3-9-17(15)18;2*1-8-5-6-10(12)9(7-8)11(2,3)4;1-2;/h2*2-13H,1H3;2*5-7,12H,1-4H3;1H2,2H3;/q2*-1;;;-1;+3. The van der Waals surface area contributed by atoms with E-state index in [1.54, 1.807) is 19.1 Å². The van der Waals surface area contributed by atoms with E-state index >= 15 is 0 Å². The van der Waals surface area contributed by atoms with E-state index in [1.807, 2.05) is 38.1 Å². The molecule has 3 heteroatoms. The monoisotopic (exact) mass is 957 g/mol. The van der Waals surface area contributed by atoms with Crippen LogP contribution in [0.4, 0.5) is 0 Å². The first-order chi connectivity index (χ1) is 31.5. The Labute approximate surface area is 419 Å². The maximum atomic E-state index is 9.57. The molecule has 0 saturated heterocycles. The zero-order chi connectivity index (χ0) is 47.8. The molecule has 0 spiro atoms. The zero-order valence-electron chi connectivity index (χ0n) is 41.4. The van der Waals surface area contributed by atoms with Crippen molar-refractivity contribution in [2.24, 2.45) is 0 Å². The molecule has 1 radical (unpaired) electrons. The average molecular weight is 959 g/mol. The van der Waals surface area contributed by atoms with Crippen LogP contribution < -0.4 is 0 Å². The van der Waals surface area contributed by atoms with Crippen molar-refractivity contribution in [1.29, 1.82) is 0 Å². The van der Waals surface area contributed by atoms with Crippen molar-refractivity contribution in [2.45, 2.75) is 87.0 Å². The second-order valence-corrected chi connectivity index (χ2v) is 19.3. The minimum Gasteiger partial charge on any atom is -0.508 e. The number of rotatable bonds is 2. The quantitative estimate of drug-likeness (QED) is 0.170. The van der Waals surface area contributed by atoms with Crippen LogP contribution in [-0.2, 0) is 37.0 Å². The molecule has 2 nitrogen and oxygen atoms in total. The zero-order valence-corrected chi connectivity index (χ0v) is 43.9. The minimum absolute atomic E-state index is 0. The number of phenols is 2. The van der Waals surface area contributed by atoms with Crippen LogP contribution in [0.5, 0.6) is 11.5 Å². The van der Waals surface area contributed by atoms with Crippen LogP contribution in [0.15, 0.2) is 182 Å². The van der Waals surface area contributed by atoms with Crippen LogP contribution in [0.1, 0.15) is 81.8 Å². The van der Waals surface area contributed by atoms with Crippen molar-refractivity contribution < 1.29 is 36.4 Å². The summed E-state index contributed by atoms with van der Waals surface area (Å²) in [6.07, 6.45) is 0. The Kier molecular flexibility index (Phi) is 17.6. The van der Waals surface area contributed by atoms with E-state index < -0.39 is 0 Å². The molecule has 0 unspecified atom stereocenters. The molecule has 0 aromatic heterocycles. The van der Waals surface area contributed by atoms with Crippen molar-refractivity contribution >= 4 is 43.1 Å². The van der Waals surface area contributed by atoms with Crippen LogP contribution in [0.2, 0.25) is 0 Å². The fourth-order valence-corrected chi connectivity index (χ4v) is 8.66. The van der Waals surface area contributed by atoms with E-state index in [4.69, 9.17) is 0 Å². The van der Waals surface area contributed by atoms with Crippen LogP contribution in [0, 0.1) is 34.6 Å². The summed E-state index contributed by atoms with van der Waals surface area (Å²) in [5, 5.41) is 29.7. The van der Waals surface area contributed by atoms with Gasteiger partial charge in [0.05, 0.1) is 0 Å². The predicted octanol–water partition coefficient (Wildman–Crippen LogP) is 18.2. The van der Waals surface area contributed by atoms with E-state index in [0.29, 0.717) is 11.5 Å². The summed E-state index contributed by atoms with van der Waals surface area (Å²) in [5.41, 5.74) is 12.4. The molecule has 0 atom stereocenters. The Balaban J connectivity index is 0.000000169. The molecular weight excluding hydrogens is 892 g/mol. The fourth-order valence-electron chi connectivity index (χ4n) is 8.66. The maximum Gasteiger partial charge on any atom is 3.00 e. The van der Waals surface area contributed by atoms with E-state index in [9.17, 15) is 10.2 Å². The third kappa shape index (κ3) is 12.7. The first kappa shape index (κ1) is 52.0. The Hall–Kier alpha value is -6.02. The van der Waals surface area contributed by atoms with Crippen LogP contribution in [0.3, 0.4) is 0 Å². The van der Waals surface area contributed by atoms with Crippen LogP contribution in [-0.4, -0.2) is 10.2 Å². The molecule has 10 rings (SSSR count). The minimum atomic E-state index is 0. The number of phenolic OH excluding ortho intramolecular Hbond substituents is 2. The smallest absolute Gasteiger partial charge is 0.508 e. The van der Waals surface area contributed by atoms with Gasteiger partial charge in [0.25, 0.3) is 0 Å². The fraction of sp³-hybridized carbons (Fsp3) is 0.203. The Morgan fingerprint density at radius 3 is 1.03 bits per heavy atom. The van der Waals surface area contributed by atoms with Crippen molar-refractivity contribution in [1.82, 2.24) is 0 Å². The van der Waals surface area contributed by atoms with Gasteiger partial charge in [-0.1, -0.05) is 199 Å². The van der Waals surface area contributed by atoms with Gasteiger partial charge in [0.15, 0.2) is 0 Å². The molecule has 0 aliphatic carbocycles. The van der Waals surface area contributed by atoms with E-state index in [1.165, 1.54) is 87.6 Å². The van der Waals surface area contributed by atoms with Crippen molar-refractivity contribution in [2.75, 3.05) is 0 Å². The summed E-state index contributed by atoms with van der Waals surface area (Å²) in [4.78, 5) is 0.